The van der Waals surface area contributed by atoms with Crippen LogP contribution in [0.1, 0.15) is 75.1 Å². The maximum Gasteiger partial charge on any atom is 0.339 e. The van der Waals surface area contributed by atoms with E-state index >= 15 is 0 Å². The summed E-state index contributed by atoms with van der Waals surface area (Å²) in [6, 6.07) is 20.1. The summed E-state index contributed by atoms with van der Waals surface area (Å²) >= 11 is 3.08. The Kier molecular flexibility index (Phi) is 16.2. The van der Waals surface area contributed by atoms with Crippen molar-refractivity contribution in [2.75, 3.05) is 51.9 Å². The van der Waals surface area contributed by atoms with Gasteiger partial charge in [0.2, 0.25) is 0 Å². The lowest BCUT2D eigenvalue weighted by molar-refractivity contribution is -0.149. The number of carbonyl (C=O) groups is 4. The van der Waals surface area contributed by atoms with Crippen molar-refractivity contribution >= 4 is 67.0 Å². The average molecular weight is 778 g/mol. The molecule has 10 nitrogen and oxygen atoms in total. The van der Waals surface area contributed by atoms with Crippen molar-refractivity contribution in [3.63, 3.8) is 0 Å². The number of ether oxygens (including phenoxy) is 4. The number of hydrogen-bond acceptors (Lipinski definition) is 12. The Morgan fingerprint density at radius 1 is 0.796 bits per heavy atom. The molecule has 1 aliphatic heterocycles. The molecule has 4 aromatic rings. The molecule has 1 aliphatic rings. The van der Waals surface area contributed by atoms with Gasteiger partial charge in [0.15, 0.2) is 11.2 Å². The second-order valence-electron chi connectivity index (χ2n) is 13.6. The second kappa shape index (κ2) is 20.5. The minimum absolute atomic E-state index is 0.00450. The number of morpholine rings is 1. The average Bonchev–Trinajstić information content (AvgIpc) is 3.20. The van der Waals surface area contributed by atoms with E-state index in [1.807, 2.05) is 77.1 Å². The van der Waals surface area contributed by atoms with Gasteiger partial charge in [-0.25, -0.2) is 4.79 Å². The van der Waals surface area contributed by atoms with E-state index in [1.165, 1.54) is 11.3 Å². The summed E-state index contributed by atoms with van der Waals surface area (Å²) in [5.41, 5.74) is 0.227. The summed E-state index contributed by atoms with van der Waals surface area (Å²) < 4.78 is 22.5. The standard InChI is InChI=1S/C21H31NO4S.C21H20O5S/c1-5-16(2)20(24)26-14-15-27-18-8-6-17(7-9-18)19(23)21(3,4)22-10-12-25-13-11-22;1-3-13(2)20(23)25-11-12-26-21(24)15-8-6-10-17-18(15)19(22)14-7-4-5-9-16(14)27-17/h6-9,16H,5,10-15H2,1-4H3;4-10,13H,3,11-12H2,1-2H3. The largest absolute Gasteiger partial charge is 0.465 e. The first-order valence-corrected chi connectivity index (χ1v) is 20.2. The Balaban J connectivity index is 0.000000241. The first-order valence-electron chi connectivity index (χ1n) is 18.4. The third-order valence-corrected chi connectivity index (χ3v) is 11.6. The predicted molar refractivity (Wildman–Crippen MR) is 215 cm³/mol. The Bertz CT molecular complexity index is 1950. The van der Waals surface area contributed by atoms with E-state index in [1.54, 1.807) is 43.0 Å². The lowest BCUT2D eigenvalue weighted by Gasteiger charge is -2.39. The van der Waals surface area contributed by atoms with Crippen LogP contribution >= 0.6 is 23.1 Å². The highest BCUT2D eigenvalue weighted by molar-refractivity contribution is 7.99. The molecular formula is C42H51NO9S2. The number of carbonyl (C=O) groups excluding carboxylic acids is 4. The topological polar surface area (TPSA) is 126 Å². The SMILES string of the molecule is CCC(C)C(=O)OCCOC(=O)c1cccc2sc3ccccc3c(=O)c12.CCC(C)C(=O)OCCSc1ccc(C(=O)C(C)(C)N2CCOCC2)cc1. The van der Waals surface area contributed by atoms with Crippen LogP contribution in [0.25, 0.3) is 20.2 Å². The Hall–Kier alpha value is -4.10. The number of Topliss-reactive ketones (excluding diaryl/α,β-unsaturated/α-hetero) is 1. The molecule has 1 aromatic heterocycles. The molecule has 0 amide bonds. The van der Waals surface area contributed by atoms with Gasteiger partial charge in [-0.05, 0) is 63.1 Å². The van der Waals surface area contributed by atoms with Gasteiger partial charge in [-0.2, -0.15) is 0 Å². The lowest BCUT2D eigenvalue weighted by Crippen LogP contribution is -2.54. The maximum atomic E-state index is 13.0. The van der Waals surface area contributed by atoms with Crippen LogP contribution in [-0.2, 0) is 28.5 Å². The van der Waals surface area contributed by atoms with Crippen molar-refractivity contribution in [1.82, 2.24) is 4.90 Å². The first kappa shape index (κ1) is 42.6. The van der Waals surface area contributed by atoms with Gasteiger partial charge in [0, 0.05) is 44.1 Å². The van der Waals surface area contributed by atoms with Gasteiger partial charge < -0.3 is 18.9 Å². The highest BCUT2D eigenvalue weighted by Gasteiger charge is 2.35. The molecule has 12 heteroatoms. The highest BCUT2D eigenvalue weighted by Crippen LogP contribution is 2.27. The summed E-state index contributed by atoms with van der Waals surface area (Å²) in [5.74, 6) is -0.442. The summed E-state index contributed by atoms with van der Waals surface area (Å²) in [5, 5.41) is 0.945. The quantitative estimate of drug-likeness (QED) is 0.0293. The van der Waals surface area contributed by atoms with Crippen molar-refractivity contribution in [2.24, 2.45) is 11.8 Å². The van der Waals surface area contributed by atoms with E-state index in [-0.39, 0.29) is 53.8 Å². The smallest absolute Gasteiger partial charge is 0.339 e. The van der Waals surface area contributed by atoms with Gasteiger partial charge in [0.05, 0.1) is 41.5 Å². The van der Waals surface area contributed by atoms with Gasteiger partial charge in [0.25, 0.3) is 0 Å². The zero-order valence-corrected chi connectivity index (χ0v) is 33.6. The van der Waals surface area contributed by atoms with E-state index in [0.717, 1.165) is 39.4 Å². The third kappa shape index (κ3) is 11.2. The molecule has 2 atom stereocenters. The van der Waals surface area contributed by atoms with Gasteiger partial charge in [-0.15, -0.1) is 23.1 Å². The van der Waals surface area contributed by atoms with Crippen LogP contribution in [0.15, 0.2) is 76.4 Å². The molecule has 0 aliphatic carbocycles. The minimum atomic E-state index is -0.597. The number of benzene rings is 3. The Morgan fingerprint density at radius 3 is 2.04 bits per heavy atom. The molecule has 1 fully saturated rings. The molecule has 0 saturated carbocycles. The Labute approximate surface area is 325 Å². The predicted octanol–water partition coefficient (Wildman–Crippen LogP) is 7.82. The molecule has 0 bridgehead atoms. The molecular weight excluding hydrogens is 727 g/mol. The number of ketones is 1. The van der Waals surface area contributed by atoms with Crippen LogP contribution < -0.4 is 5.43 Å². The maximum absolute atomic E-state index is 13.0. The second-order valence-corrected chi connectivity index (χ2v) is 15.8. The molecule has 2 heterocycles. The fourth-order valence-corrected chi connectivity index (χ4v) is 7.45. The van der Waals surface area contributed by atoms with E-state index in [9.17, 15) is 24.0 Å². The van der Waals surface area contributed by atoms with Crippen molar-refractivity contribution in [3.05, 3.63) is 88.1 Å². The summed E-state index contributed by atoms with van der Waals surface area (Å²) in [4.78, 5) is 64.8. The van der Waals surface area contributed by atoms with Crippen LogP contribution in [0.3, 0.4) is 0 Å². The van der Waals surface area contributed by atoms with Crippen molar-refractivity contribution < 1.29 is 38.1 Å². The van der Waals surface area contributed by atoms with Crippen LogP contribution in [0, 0.1) is 11.8 Å². The molecule has 290 valence electrons. The fourth-order valence-electron chi connectivity index (χ4n) is 5.61. The molecule has 5 rings (SSSR count). The van der Waals surface area contributed by atoms with Crippen LogP contribution in [-0.4, -0.2) is 86.0 Å². The van der Waals surface area contributed by atoms with Crippen molar-refractivity contribution in [1.29, 1.82) is 0 Å². The molecule has 54 heavy (non-hydrogen) atoms. The van der Waals surface area contributed by atoms with E-state index < -0.39 is 11.5 Å². The van der Waals surface area contributed by atoms with E-state index in [4.69, 9.17) is 18.9 Å². The molecule has 2 unspecified atom stereocenters. The lowest BCUT2D eigenvalue weighted by atomic mass is 9.91. The van der Waals surface area contributed by atoms with E-state index in [2.05, 4.69) is 4.90 Å². The number of thioether (sulfide) groups is 1. The number of rotatable bonds is 15. The fraction of sp³-hybridized carbons (Fsp3) is 0.452. The number of nitrogens with zero attached hydrogens (tertiary/aromatic N) is 1. The van der Waals surface area contributed by atoms with Gasteiger partial charge >= 0.3 is 17.9 Å². The molecule has 1 saturated heterocycles. The van der Waals surface area contributed by atoms with Gasteiger partial charge in [0.1, 0.15) is 19.8 Å². The van der Waals surface area contributed by atoms with Crippen molar-refractivity contribution in [2.45, 2.75) is 64.8 Å². The van der Waals surface area contributed by atoms with Crippen LogP contribution in [0.5, 0.6) is 0 Å². The molecule has 3 aromatic carbocycles. The highest BCUT2D eigenvalue weighted by atomic mass is 32.2. The summed E-state index contributed by atoms with van der Waals surface area (Å²) in [6.07, 6.45) is 1.48. The number of hydrogen-bond donors (Lipinski definition) is 0. The zero-order chi connectivity index (χ0) is 39.3. The van der Waals surface area contributed by atoms with Gasteiger partial charge in [-0.1, -0.05) is 58.0 Å². The van der Waals surface area contributed by atoms with Gasteiger partial charge in [-0.3, -0.25) is 24.1 Å². The minimum Gasteiger partial charge on any atom is -0.465 e. The monoisotopic (exact) mass is 777 g/mol. The molecule has 0 radical (unpaired) electrons. The number of esters is 3. The van der Waals surface area contributed by atoms with Crippen molar-refractivity contribution in [3.8, 4) is 0 Å². The van der Waals surface area contributed by atoms with Crippen LogP contribution in [0.2, 0.25) is 0 Å². The molecule has 0 spiro atoms. The van der Waals surface area contributed by atoms with Crippen LogP contribution in [0.4, 0.5) is 0 Å². The third-order valence-electron chi connectivity index (χ3n) is 9.49. The summed E-state index contributed by atoms with van der Waals surface area (Å²) in [6.45, 7) is 14.8. The molecule has 0 N–H and O–H groups in total. The summed E-state index contributed by atoms with van der Waals surface area (Å²) in [7, 11) is 0. The zero-order valence-electron chi connectivity index (χ0n) is 32.0. The number of fused-ring (bicyclic) bond motifs is 2. The normalized spacial score (nSPS) is 14.4. The van der Waals surface area contributed by atoms with E-state index in [0.29, 0.717) is 42.8 Å². The first-order chi connectivity index (χ1) is 25.9. The Morgan fingerprint density at radius 2 is 1.39 bits per heavy atom.